The van der Waals surface area contributed by atoms with Gasteiger partial charge in [0.25, 0.3) is 5.91 Å². The maximum Gasteiger partial charge on any atom is 0.271 e. The Hall–Kier alpha value is -3.80. The van der Waals surface area contributed by atoms with Gasteiger partial charge in [-0.25, -0.2) is 5.43 Å². The van der Waals surface area contributed by atoms with E-state index in [1.54, 1.807) is 44.6 Å². The van der Waals surface area contributed by atoms with Crippen molar-refractivity contribution in [2.45, 2.75) is 13.5 Å². The van der Waals surface area contributed by atoms with E-state index in [4.69, 9.17) is 14.2 Å². The van der Waals surface area contributed by atoms with Crippen molar-refractivity contribution in [1.82, 2.24) is 5.43 Å². The van der Waals surface area contributed by atoms with Crippen LogP contribution in [0.25, 0.3) is 0 Å². The monoisotopic (exact) mass is 404 g/mol. The number of ether oxygens (including phenoxy) is 3. The number of rotatable bonds is 8. The number of amides is 1. The zero-order valence-corrected chi connectivity index (χ0v) is 17.2. The number of benzene rings is 3. The number of nitrogens with one attached hydrogen (secondary N) is 1. The van der Waals surface area contributed by atoms with E-state index in [0.29, 0.717) is 35.0 Å². The van der Waals surface area contributed by atoms with Crippen LogP contribution in [0.1, 0.15) is 27.0 Å². The van der Waals surface area contributed by atoms with Crippen molar-refractivity contribution in [1.29, 1.82) is 0 Å². The summed E-state index contributed by atoms with van der Waals surface area (Å²) >= 11 is 0. The predicted octanol–water partition coefficient (Wildman–Crippen LogP) is 4.36. The number of carbonyl (C=O) groups excluding carboxylic acids is 1. The van der Waals surface area contributed by atoms with Gasteiger partial charge in [-0.2, -0.15) is 5.10 Å². The molecule has 0 aliphatic heterocycles. The van der Waals surface area contributed by atoms with Gasteiger partial charge in [-0.1, -0.05) is 35.9 Å². The zero-order chi connectivity index (χ0) is 21.3. The van der Waals surface area contributed by atoms with E-state index in [0.717, 1.165) is 5.56 Å². The molecule has 0 aromatic heterocycles. The average molecular weight is 404 g/mol. The molecule has 0 aliphatic rings. The first kappa shape index (κ1) is 20.9. The molecular formula is C24H24N2O4. The molecule has 0 heterocycles. The Morgan fingerprint density at radius 2 is 1.70 bits per heavy atom. The maximum absolute atomic E-state index is 12.3. The smallest absolute Gasteiger partial charge is 0.271 e. The number of hydrogen-bond donors (Lipinski definition) is 1. The highest BCUT2D eigenvalue weighted by molar-refractivity contribution is 5.95. The molecule has 3 aromatic rings. The number of aryl methyl sites for hydroxylation is 1. The highest BCUT2D eigenvalue weighted by Crippen LogP contribution is 2.29. The molecule has 0 bridgehead atoms. The molecule has 3 rings (SSSR count). The van der Waals surface area contributed by atoms with Gasteiger partial charge < -0.3 is 14.2 Å². The fourth-order valence-corrected chi connectivity index (χ4v) is 2.79. The first-order chi connectivity index (χ1) is 14.6. The van der Waals surface area contributed by atoms with Gasteiger partial charge in [-0.05, 0) is 48.9 Å². The lowest BCUT2D eigenvalue weighted by Gasteiger charge is -2.09. The molecule has 0 saturated carbocycles. The third kappa shape index (κ3) is 5.38. The number of hydrazone groups is 1. The van der Waals surface area contributed by atoms with Crippen molar-refractivity contribution < 1.29 is 19.0 Å². The fraction of sp³-hybridized carbons (Fsp3) is 0.167. The minimum Gasteiger partial charge on any atom is -0.493 e. The summed E-state index contributed by atoms with van der Waals surface area (Å²) in [4.78, 5) is 12.3. The molecule has 6 nitrogen and oxygen atoms in total. The largest absolute Gasteiger partial charge is 0.493 e. The molecule has 6 heteroatoms. The Kier molecular flexibility index (Phi) is 7.05. The molecule has 30 heavy (non-hydrogen) atoms. The summed E-state index contributed by atoms with van der Waals surface area (Å²) in [5.74, 6) is 1.51. The second-order valence-electron chi connectivity index (χ2n) is 6.58. The SMILES string of the molecule is COc1cccc(/C=N\NC(=O)c2ccc(OCc3ccc(C)cc3)cc2)c1OC. The highest BCUT2D eigenvalue weighted by atomic mass is 16.5. The normalized spacial score (nSPS) is 10.6. The van der Waals surface area contributed by atoms with Gasteiger partial charge in [0.2, 0.25) is 0 Å². The van der Waals surface area contributed by atoms with Crippen molar-refractivity contribution in [3.05, 3.63) is 89.0 Å². The Balaban J connectivity index is 1.57. The van der Waals surface area contributed by atoms with Crippen molar-refractivity contribution in [3.63, 3.8) is 0 Å². The number of para-hydroxylation sites is 1. The van der Waals surface area contributed by atoms with E-state index in [2.05, 4.69) is 10.5 Å². The molecular weight excluding hydrogens is 380 g/mol. The van der Waals surface area contributed by atoms with E-state index >= 15 is 0 Å². The predicted molar refractivity (Wildman–Crippen MR) is 117 cm³/mol. The second-order valence-corrected chi connectivity index (χ2v) is 6.58. The number of hydrogen-bond acceptors (Lipinski definition) is 5. The standard InChI is InChI=1S/C24H24N2O4/c1-17-7-9-18(10-8-17)16-30-21-13-11-19(12-14-21)24(27)26-25-15-20-5-4-6-22(28-2)23(20)29-3/h4-15H,16H2,1-3H3,(H,26,27)/b25-15-. The van der Waals surface area contributed by atoms with Gasteiger partial charge in [0.05, 0.1) is 20.4 Å². The summed E-state index contributed by atoms with van der Waals surface area (Å²) in [6, 6.07) is 20.5. The quantitative estimate of drug-likeness (QED) is 0.448. The first-order valence-corrected chi connectivity index (χ1v) is 9.43. The van der Waals surface area contributed by atoms with Crippen LogP contribution in [0.4, 0.5) is 0 Å². The Morgan fingerprint density at radius 3 is 2.37 bits per heavy atom. The van der Waals surface area contributed by atoms with E-state index < -0.39 is 0 Å². The Labute approximate surface area is 176 Å². The van der Waals surface area contributed by atoms with Crippen LogP contribution in [-0.4, -0.2) is 26.3 Å². The lowest BCUT2D eigenvalue weighted by Crippen LogP contribution is -2.17. The molecule has 154 valence electrons. The van der Waals surface area contributed by atoms with Crippen LogP contribution in [-0.2, 0) is 6.61 Å². The topological polar surface area (TPSA) is 69.2 Å². The van der Waals surface area contributed by atoms with Crippen molar-refractivity contribution in [3.8, 4) is 17.2 Å². The molecule has 1 N–H and O–H groups in total. The van der Waals surface area contributed by atoms with Crippen molar-refractivity contribution >= 4 is 12.1 Å². The average Bonchev–Trinajstić information content (AvgIpc) is 2.78. The molecule has 0 fully saturated rings. The third-order valence-corrected chi connectivity index (χ3v) is 4.45. The van der Waals surface area contributed by atoms with Gasteiger partial charge in [-0.3, -0.25) is 4.79 Å². The van der Waals surface area contributed by atoms with Crippen LogP contribution >= 0.6 is 0 Å². The molecule has 0 atom stereocenters. The molecule has 0 saturated heterocycles. The number of nitrogens with zero attached hydrogens (tertiary/aromatic N) is 1. The third-order valence-electron chi connectivity index (χ3n) is 4.45. The van der Waals surface area contributed by atoms with E-state index in [1.807, 2.05) is 43.3 Å². The van der Waals surface area contributed by atoms with Crippen molar-refractivity contribution in [2.24, 2.45) is 5.10 Å². The number of methoxy groups -OCH3 is 2. The van der Waals surface area contributed by atoms with Gasteiger partial charge in [0.15, 0.2) is 11.5 Å². The van der Waals surface area contributed by atoms with Crippen LogP contribution < -0.4 is 19.6 Å². The van der Waals surface area contributed by atoms with Gasteiger partial charge >= 0.3 is 0 Å². The zero-order valence-electron chi connectivity index (χ0n) is 17.2. The highest BCUT2D eigenvalue weighted by Gasteiger charge is 2.08. The second kappa shape index (κ2) is 10.1. The lowest BCUT2D eigenvalue weighted by molar-refractivity contribution is 0.0955. The molecule has 0 aliphatic carbocycles. The Morgan fingerprint density at radius 1 is 0.967 bits per heavy atom. The van der Waals surface area contributed by atoms with Crippen LogP contribution in [0.5, 0.6) is 17.2 Å². The van der Waals surface area contributed by atoms with E-state index in [-0.39, 0.29) is 5.91 Å². The van der Waals surface area contributed by atoms with Gasteiger partial charge in [0, 0.05) is 11.1 Å². The van der Waals surface area contributed by atoms with Crippen LogP contribution in [0.2, 0.25) is 0 Å². The van der Waals surface area contributed by atoms with Gasteiger partial charge in [-0.15, -0.1) is 0 Å². The maximum atomic E-state index is 12.3. The molecule has 0 spiro atoms. The molecule has 0 unspecified atom stereocenters. The van der Waals surface area contributed by atoms with E-state index in [9.17, 15) is 4.79 Å². The molecule has 0 radical (unpaired) electrons. The van der Waals surface area contributed by atoms with Crippen LogP contribution in [0.3, 0.4) is 0 Å². The lowest BCUT2D eigenvalue weighted by atomic mass is 10.2. The summed E-state index contributed by atoms with van der Waals surface area (Å²) in [5.41, 5.74) is 5.98. The van der Waals surface area contributed by atoms with Crippen LogP contribution in [0, 0.1) is 6.92 Å². The summed E-state index contributed by atoms with van der Waals surface area (Å²) in [6.07, 6.45) is 1.51. The van der Waals surface area contributed by atoms with Crippen molar-refractivity contribution in [2.75, 3.05) is 14.2 Å². The summed E-state index contributed by atoms with van der Waals surface area (Å²) in [6.45, 7) is 2.52. The minimum atomic E-state index is -0.321. The molecule has 1 amide bonds. The summed E-state index contributed by atoms with van der Waals surface area (Å²) in [7, 11) is 3.12. The first-order valence-electron chi connectivity index (χ1n) is 9.43. The fourth-order valence-electron chi connectivity index (χ4n) is 2.79. The van der Waals surface area contributed by atoms with E-state index in [1.165, 1.54) is 11.8 Å². The summed E-state index contributed by atoms with van der Waals surface area (Å²) < 4.78 is 16.4. The van der Waals surface area contributed by atoms with Gasteiger partial charge in [0.1, 0.15) is 12.4 Å². The minimum absolute atomic E-state index is 0.321. The molecule has 3 aromatic carbocycles. The number of carbonyl (C=O) groups is 1. The Bertz CT molecular complexity index is 1010. The van der Waals surface area contributed by atoms with Crippen LogP contribution in [0.15, 0.2) is 71.8 Å². The summed E-state index contributed by atoms with van der Waals surface area (Å²) in [5, 5.41) is 4.02.